The van der Waals surface area contributed by atoms with E-state index in [0.717, 1.165) is 13.0 Å². The molecule has 0 aliphatic carbocycles. The van der Waals surface area contributed by atoms with Crippen LogP contribution in [0.5, 0.6) is 0 Å². The lowest BCUT2D eigenvalue weighted by molar-refractivity contribution is -0.123. The SMILES string of the molecule is CC(C)(C)NC(=O)CN(CCO)CCc1ccccc1. The molecule has 4 nitrogen and oxygen atoms in total. The summed E-state index contributed by atoms with van der Waals surface area (Å²) in [7, 11) is 0. The number of nitrogens with one attached hydrogen (secondary N) is 1. The van der Waals surface area contributed by atoms with Crippen LogP contribution >= 0.6 is 0 Å². The molecule has 0 spiro atoms. The number of carbonyl (C=O) groups excluding carboxylic acids is 1. The zero-order chi connectivity index (χ0) is 15.0. The molecule has 1 aromatic rings. The number of amides is 1. The molecule has 1 aromatic carbocycles. The van der Waals surface area contributed by atoms with Crippen LogP contribution in [0.3, 0.4) is 0 Å². The first-order valence-electron chi connectivity index (χ1n) is 7.09. The summed E-state index contributed by atoms with van der Waals surface area (Å²) in [6.07, 6.45) is 0.879. The van der Waals surface area contributed by atoms with Crippen molar-refractivity contribution in [2.45, 2.75) is 32.7 Å². The van der Waals surface area contributed by atoms with Crippen molar-refractivity contribution in [1.29, 1.82) is 0 Å². The molecular weight excluding hydrogens is 252 g/mol. The Bertz CT molecular complexity index is 399. The van der Waals surface area contributed by atoms with Crippen LogP contribution in [0.4, 0.5) is 0 Å². The molecule has 0 fully saturated rings. The summed E-state index contributed by atoms with van der Waals surface area (Å²) in [6, 6.07) is 10.2. The molecule has 0 aliphatic heterocycles. The highest BCUT2D eigenvalue weighted by Crippen LogP contribution is 2.02. The summed E-state index contributed by atoms with van der Waals surface area (Å²) in [6.45, 7) is 7.57. The lowest BCUT2D eigenvalue weighted by Gasteiger charge is -2.25. The van der Waals surface area contributed by atoms with Gasteiger partial charge in [0.05, 0.1) is 13.2 Å². The van der Waals surface area contributed by atoms with E-state index in [-0.39, 0.29) is 18.1 Å². The van der Waals surface area contributed by atoms with Gasteiger partial charge in [-0.1, -0.05) is 30.3 Å². The van der Waals surface area contributed by atoms with Crippen LogP contribution in [-0.4, -0.2) is 47.7 Å². The minimum Gasteiger partial charge on any atom is -0.395 e. The molecule has 0 saturated heterocycles. The molecule has 0 heterocycles. The van der Waals surface area contributed by atoms with E-state index in [1.54, 1.807) is 0 Å². The van der Waals surface area contributed by atoms with Crippen LogP contribution in [0.25, 0.3) is 0 Å². The van der Waals surface area contributed by atoms with Crippen molar-refractivity contribution in [2.75, 3.05) is 26.2 Å². The van der Waals surface area contributed by atoms with Crippen LogP contribution in [0, 0.1) is 0 Å². The largest absolute Gasteiger partial charge is 0.395 e. The molecule has 112 valence electrons. The van der Waals surface area contributed by atoms with Crippen molar-refractivity contribution in [3.8, 4) is 0 Å². The second kappa shape index (κ2) is 8.02. The van der Waals surface area contributed by atoms with Gasteiger partial charge in [-0.2, -0.15) is 0 Å². The predicted octanol–water partition coefficient (Wildman–Crippen LogP) is 1.44. The van der Waals surface area contributed by atoms with E-state index in [0.29, 0.717) is 13.1 Å². The topological polar surface area (TPSA) is 52.6 Å². The maximum Gasteiger partial charge on any atom is 0.234 e. The molecule has 0 aromatic heterocycles. The van der Waals surface area contributed by atoms with Gasteiger partial charge >= 0.3 is 0 Å². The van der Waals surface area contributed by atoms with E-state index < -0.39 is 0 Å². The van der Waals surface area contributed by atoms with Gasteiger partial charge in [0.15, 0.2) is 0 Å². The molecule has 20 heavy (non-hydrogen) atoms. The van der Waals surface area contributed by atoms with Gasteiger partial charge in [0.2, 0.25) is 5.91 Å². The fraction of sp³-hybridized carbons (Fsp3) is 0.562. The molecule has 0 saturated carbocycles. The Morgan fingerprint density at radius 3 is 2.40 bits per heavy atom. The number of benzene rings is 1. The lowest BCUT2D eigenvalue weighted by Crippen LogP contribution is -2.46. The highest BCUT2D eigenvalue weighted by molar-refractivity contribution is 5.78. The zero-order valence-corrected chi connectivity index (χ0v) is 12.7. The summed E-state index contributed by atoms with van der Waals surface area (Å²) in [4.78, 5) is 13.9. The predicted molar refractivity (Wildman–Crippen MR) is 81.6 cm³/mol. The molecule has 0 atom stereocenters. The first-order valence-corrected chi connectivity index (χ1v) is 7.09. The Hall–Kier alpha value is -1.39. The van der Waals surface area contributed by atoms with Crippen molar-refractivity contribution in [1.82, 2.24) is 10.2 Å². The third-order valence-corrected chi connectivity index (χ3v) is 2.86. The third kappa shape index (κ3) is 7.26. The maximum absolute atomic E-state index is 11.9. The van der Waals surface area contributed by atoms with Crippen LogP contribution in [0.2, 0.25) is 0 Å². The van der Waals surface area contributed by atoms with Crippen molar-refractivity contribution in [3.63, 3.8) is 0 Å². The Morgan fingerprint density at radius 2 is 1.85 bits per heavy atom. The third-order valence-electron chi connectivity index (χ3n) is 2.86. The molecule has 0 aliphatic rings. The van der Waals surface area contributed by atoms with Crippen LogP contribution in [0.15, 0.2) is 30.3 Å². The number of nitrogens with zero attached hydrogens (tertiary/aromatic N) is 1. The fourth-order valence-corrected chi connectivity index (χ4v) is 2.00. The number of rotatable bonds is 7. The van der Waals surface area contributed by atoms with Crippen molar-refractivity contribution in [3.05, 3.63) is 35.9 Å². The monoisotopic (exact) mass is 278 g/mol. The highest BCUT2D eigenvalue weighted by Gasteiger charge is 2.16. The van der Waals surface area contributed by atoms with Gasteiger partial charge in [0.25, 0.3) is 0 Å². The average molecular weight is 278 g/mol. The molecule has 1 rings (SSSR count). The van der Waals surface area contributed by atoms with Gasteiger partial charge in [-0.25, -0.2) is 0 Å². The number of aliphatic hydroxyl groups excluding tert-OH is 1. The van der Waals surface area contributed by atoms with Crippen molar-refractivity contribution < 1.29 is 9.90 Å². The van der Waals surface area contributed by atoms with E-state index >= 15 is 0 Å². The average Bonchev–Trinajstić information content (AvgIpc) is 2.35. The van der Waals surface area contributed by atoms with Gasteiger partial charge in [0.1, 0.15) is 0 Å². The summed E-state index contributed by atoms with van der Waals surface area (Å²) in [5.74, 6) is -0.000915. The second-order valence-corrected chi connectivity index (χ2v) is 6.03. The number of hydrogen-bond donors (Lipinski definition) is 2. The minimum absolute atomic E-state index is 0.000915. The summed E-state index contributed by atoms with van der Waals surface area (Å²) in [5, 5.41) is 12.0. The van der Waals surface area contributed by atoms with E-state index in [9.17, 15) is 4.79 Å². The number of aliphatic hydroxyl groups is 1. The summed E-state index contributed by atoms with van der Waals surface area (Å²) in [5.41, 5.74) is 1.02. The number of hydrogen-bond acceptors (Lipinski definition) is 3. The Balaban J connectivity index is 2.46. The summed E-state index contributed by atoms with van der Waals surface area (Å²) >= 11 is 0. The highest BCUT2D eigenvalue weighted by atomic mass is 16.3. The summed E-state index contributed by atoms with van der Waals surface area (Å²) < 4.78 is 0. The van der Waals surface area contributed by atoms with Gasteiger partial charge < -0.3 is 10.4 Å². The molecule has 4 heteroatoms. The molecule has 0 bridgehead atoms. The molecule has 1 amide bonds. The van der Waals surface area contributed by atoms with E-state index in [4.69, 9.17) is 5.11 Å². The van der Waals surface area contributed by atoms with Gasteiger partial charge in [-0.05, 0) is 32.8 Å². The van der Waals surface area contributed by atoms with Crippen molar-refractivity contribution >= 4 is 5.91 Å². The first kappa shape index (κ1) is 16.7. The Kier molecular flexibility index (Phi) is 6.68. The standard InChI is InChI=1S/C16H26N2O2/c1-16(2,3)17-15(20)13-18(11-12-19)10-9-14-7-5-4-6-8-14/h4-8,19H,9-13H2,1-3H3,(H,17,20). The van der Waals surface area contributed by atoms with E-state index in [2.05, 4.69) is 17.4 Å². The van der Waals surface area contributed by atoms with Gasteiger partial charge in [-0.15, -0.1) is 0 Å². The normalized spacial score (nSPS) is 11.7. The molecule has 0 unspecified atom stereocenters. The molecule has 0 radical (unpaired) electrons. The Morgan fingerprint density at radius 1 is 1.20 bits per heavy atom. The smallest absolute Gasteiger partial charge is 0.234 e. The zero-order valence-electron chi connectivity index (χ0n) is 12.7. The fourth-order valence-electron chi connectivity index (χ4n) is 2.00. The Labute approximate surface area is 121 Å². The van der Waals surface area contributed by atoms with Crippen molar-refractivity contribution in [2.24, 2.45) is 0 Å². The van der Waals surface area contributed by atoms with Gasteiger partial charge in [0, 0.05) is 18.6 Å². The van der Waals surface area contributed by atoms with Crippen LogP contribution < -0.4 is 5.32 Å². The molecule has 2 N–H and O–H groups in total. The lowest BCUT2D eigenvalue weighted by atomic mass is 10.1. The van der Waals surface area contributed by atoms with E-state index in [1.807, 2.05) is 43.9 Å². The van der Waals surface area contributed by atoms with E-state index in [1.165, 1.54) is 5.56 Å². The first-order chi connectivity index (χ1) is 9.40. The van der Waals surface area contributed by atoms with Gasteiger partial charge in [-0.3, -0.25) is 9.69 Å². The van der Waals surface area contributed by atoms with Crippen LogP contribution in [0.1, 0.15) is 26.3 Å². The van der Waals surface area contributed by atoms with Crippen LogP contribution in [-0.2, 0) is 11.2 Å². The molecular formula is C16H26N2O2. The maximum atomic E-state index is 11.9. The quantitative estimate of drug-likeness (QED) is 0.793. The number of carbonyl (C=O) groups is 1. The minimum atomic E-state index is -0.221. The second-order valence-electron chi connectivity index (χ2n) is 6.03.